The fraction of sp³-hybridized carbons (Fsp3) is 0.0952. The zero-order valence-corrected chi connectivity index (χ0v) is 15.6. The molecule has 4 aromatic rings. The standard InChI is InChI=1S/C21H17N7O/c1-15-7-9-16(10-8-15)18-11-19(28(26-18)17-5-3-2-4-6-17)24-21(29)13-27-14-23-25-20(27)12-22/h2-11,14H,13H2,1H3,(H,24,29). The van der Waals surface area contributed by atoms with Crippen molar-refractivity contribution in [2.45, 2.75) is 13.5 Å². The Labute approximate surface area is 167 Å². The Morgan fingerprint density at radius 3 is 2.62 bits per heavy atom. The highest BCUT2D eigenvalue weighted by atomic mass is 16.2. The summed E-state index contributed by atoms with van der Waals surface area (Å²) in [6.07, 6.45) is 1.35. The van der Waals surface area contributed by atoms with Crippen LogP contribution in [0.25, 0.3) is 16.9 Å². The predicted molar refractivity (Wildman–Crippen MR) is 107 cm³/mol. The Morgan fingerprint density at radius 2 is 1.90 bits per heavy atom. The van der Waals surface area contributed by atoms with Crippen LogP contribution in [0.1, 0.15) is 11.4 Å². The molecule has 1 amide bonds. The molecule has 0 spiro atoms. The van der Waals surface area contributed by atoms with Crippen molar-refractivity contribution in [2.24, 2.45) is 0 Å². The van der Waals surface area contributed by atoms with Crippen molar-refractivity contribution < 1.29 is 4.79 Å². The minimum atomic E-state index is -0.311. The summed E-state index contributed by atoms with van der Waals surface area (Å²) in [4.78, 5) is 12.6. The summed E-state index contributed by atoms with van der Waals surface area (Å²) in [5.74, 6) is 0.300. The number of benzene rings is 2. The van der Waals surface area contributed by atoms with E-state index in [-0.39, 0.29) is 18.3 Å². The normalized spacial score (nSPS) is 10.5. The molecule has 2 aromatic carbocycles. The van der Waals surface area contributed by atoms with Crippen LogP contribution in [0.5, 0.6) is 0 Å². The van der Waals surface area contributed by atoms with Crippen LogP contribution in [0.2, 0.25) is 0 Å². The van der Waals surface area contributed by atoms with Gasteiger partial charge in [-0.2, -0.15) is 10.4 Å². The van der Waals surface area contributed by atoms with E-state index < -0.39 is 0 Å². The third-order valence-electron chi connectivity index (χ3n) is 4.35. The summed E-state index contributed by atoms with van der Waals surface area (Å²) < 4.78 is 3.07. The van der Waals surface area contributed by atoms with Gasteiger partial charge in [0.1, 0.15) is 24.8 Å². The molecular weight excluding hydrogens is 366 g/mol. The van der Waals surface area contributed by atoms with Crippen molar-refractivity contribution in [1.82, 2.24) is 24.5 Å². The third kappa shape index (κ3) is 3.89. The van der Waals surface area contributed by atoms with E-state index in [2.05, 4.69) is 20.6 Å². The molecule has 0 saturated carbocycles. The van der Waals surface area contributed by atoms with E-state index in [0.717, 1.165) is 22.5 Å². The van der Waals surface area contributed by atoms with Crippen molar-refractivity contribution in [1.29, 1.82) is 5.26 Å². The number of amides is 1. The van der Waals surface area contributed by atoms with Gasteiger partial charge in [0.05, 0.1) is 11.4 Å². The first-order valence-electron chi connectivity index (χ1n) is 8.94. The molecule has 0 saturated heterocycles. The molecule has 8 nitrogen and oxygen atoms in total. The predicted octanol–water partition coefficient (Wildman–Crippen LogP) is 2.95. The highest BCUT2D eigenvalue weighted by molar-refractivity contribution is 5.90. The van der Waals surface area contributed by atoms with Crippen molar-refractivity contribution in [3.63, 3.8) is 0 Å². The SMILES string of the molecule is Cc1ccc(-c2cc(NC(=O)Cn3cnnc3C#N)n(-c3ccccc3)n2)cc1. The fourth-order valence-corrected chi connectivity index (χ4v) is 2.90. The Bertz CT molecular complexity index is 1180. The maximum atomic E-state index is 12.6. The largest absolute Gasteiger partial charge is 0.309 e. The van der Waals surface area contributed by atoms with Gasteiger partial charge in [-0.1, -0.05) is 48.0 Å². The number of aromatic nitrogens is 5. The number of carbonyl (C=O) groups excluding carboxylic acids is 1. The van der Waals surface area contributed by atoms with Gasteiger partial charge < -0.3 is 5.32 Å². The van der Waals surface area contributed by atoms with E-state index in [4.69, 9.17) is 5.26 Å². The van der Waals surface area contributed by atoms with Gasteiger partial charge in [-0.25, -0.2) is 4.68 Å². The van der Waals surface area contributed by atoms with E-state index in [1.807, 2.05) is 73.7 Å². The van der Waals surface area contributed by atoms with Crippen molar-refractivity contribution in [3.8, 4) is 23.0 Å². The molecule has 2 aromatic heterocycles. The first kappa shape index (κ1) is 18.1. The Morgan fingerprint density at radius 1 is 1.14 bits per heavy atom. The van der Waals surface area contributed by atoms with Crippen LogP contribution in [0.3, 0.4) is 0 Å². The van der Waals surface area contributed by atoms with E-state index in [1.54, 1.807) is 4.68 Å². The number of aryl methyl sites for hydroxylation is 1. The highest BCUT2D eigenvalue weighted by Gasteiger charge is 2.15. The van der Waals surface area contributed by atoms with Gasteiger partial charge in [-0.3, -0.25) is 9.36 Å². The molecule has 0 aliphatic carbocycles. The van der Waals surface area contributed by atoms with E-state index in [1.165, 1.54) is 10.9 Å². The number of anilines is 1. The number of hydrogen-bond donors (Lipinski definition) is 1. The number of nitrogens with zero attached hydrogens (tertiary/aromatic N) is 6. The average Bonchev–Trinajstić information content (AvgIpc) is 3.36. The van der Waals surface area contributed by atoms with Crippen molar-refractivity contribution in [2.75, 3.05) is 5.32 Å². The Hall–Kier alpha value is -4.25. The van der Waals surface area contributed by atoms with E-state index in [9.17, 15) is 4.79 Å². The molecule has 0 aliphatic rings. The lowest BCUT2D eigenvalue weighted by molar-refractivity contribution is -0.116. The molecule has 0 bridgehead atoms. The molecule has 0 fully saturated rings. The summed E-state index contributed by atoms with van der Waals surface area (Å²) in [6, 6.07) is 21.3. The van der Waals surface area contributed by atoms with Crippen LogP contribution in [0, 0.1) is 18.3 Å². The topological polar surface area (TPSA) is 101 Å². The van der Waals surface area contributed by atoms with Crippen LogP contribution >= 0.6 is 0 Å². The van der Waals surface area contributed by atoms with Crippen LogP contribution in [0.15, 0.2) is 67.0 Å². The van der Waals surface area contributed by atoms with Crippen LogP contribution in [-0.2, 0) is 11.3 Å². The summed E-state index contributed by atoms with van der Waals surface area (Å²) >= 11 is 0. The van der Waals surface area contributed by atoms with Crippen molar-refractivity contribution in [3.05, 3.63) is 78.4 Å². The molecular formula is C21H17N7O. The first-order chi connectivity index (χ1) is 14.1. The molecule has 0 atom stereocenters. The summed E-state index contributed by atoms with van der Waals surface area (Å²) in [7, 11) is 0. The third-order valence-corrected chi connectivity index (χ3v) is 4.35. The minimum absolute atomic E-state index is 0.0737. The first-order valence-corrected chi connectivity index (χ1v) is 8.94. The minimum Gasteiger partial charge on any atom is -0.309 e. The highest BCUT2D eigenvalue weighted by Crippen LogP contribution is 2.25. The molecule has 2 heterocycles. The zero-order chi connectivity index (χ0) is 20.2. The lowest BCUT2D eigenvalue weighted by Crippen LogP contribution is -2.21. The molecule has 0 unspecified atom stereocenters. The molecule has 142 valence electrons. The number of para-hydroxylation sites is 1. The number of nitrogens with one attached hydrogen (secondary N) is 1. The van der Waals surface area contributed by atoms with Crippen molar-refractivity contribution >= 4 is 11.7 Å². The van der Waals surface area contributed by atoms with Gasteiger partial charge in [-0.15, -0.1) is 10.2 Å². The zero-order valence-electron chi connectivity index (χ0n) is 15.6. The van der Waals surface area contributed by atoms with Gasteiger partial charge in [0.15, 0.2) is 0 Å². The summed E-state index contributed by atoms with van der Waals surface area (Å²) in [5, 5.41) is 23.9. The second-order valence-corrected chi connectivity index (χ2v) is 6.47. The van der Waals surface area contributed by atoms with E-state index >= 15 is 0 Å². The molecule has 0 aliphatic heterocycles. The van der Waals surface area contributed by atoms with Gasteiger partial charge in [0.2, 0.25) is 11.7 Å². The maximum Gasteiger partial charge on any atom is 0.245 e. The lowest BCUT2D eigenvalue weighted by atomic mass is 10.1. The summed E-state index contributed by atoms with van der Waals surface area (Å²) in [5.41, 5.74) is 3.67. The fourth-order valence-electron chi connectivity index (χ4n) is 2.90. The average molecular weight is 383 g/mol. The second kappa shape index (κ2) is 7.78. The number of nitriles is 1. The van der Waals surface area contributed by atoms with Crippen LogP contribution in [0.4, 0.5) is 5.82 Å². The monoisotopic (exact) mass is 383 g/mol. The Balaban J connectivity index is 1.66. The molecule has 0 radical (unpaired) electrons. The van der Waals surface area contributed by atoms with Gasteiger partial charge in [-0.05, 0) is 19.1 Å². The number of rotatable bonds is 5. The molecule has 8 heteroatoms. The quantitative estimate of drug-likeness (QED) is 0.571. The van der Waals surface area contributed by atoms with Gasteiger partial charge in [0.25, 0.3) is 0 Å². The Kier molecular flexibility index (Phi) is 4.86. The molecule has 1 N–H and O–H groups in total. The lowest BCUT2D eigenvalue weighted by Gasteiger charge is -2.09. The second-order valence-electron chi connectivity index (χ2n) is 6.47. The molecule has 29 heavy (non-hydrogen) atoms. The smallest absolute Gasteiger partial charge is 0.245 e. The number of hydrogen-bond acceptors (Lipinski definition) is 5. The number of carbonyl (C=O) groups is 1. The van der Waals surface area contributed by atoms with Crippen LogP contribution in [-0.4, -0.2) is 30.5 Å². The maximum absolute atomic E-state index is 12.6. The van der Waals surface area contributed by atoms with Crippen LogP contribution < -0.4 is 5.32 Å². The van der Waals surface area contributed by atoms with Gasteiger partial charge >= 0.3 is 0 Å². The summed E-state index contributed by atoms with van der Waals surface area (Å²) in [6.45, 7) is 1.95. The van der Waals surface area contributed by atoms with Gasteiger partial charge in [0, 0.05) is 11.6 Å². The van der Waals surface area contributed by atoms with E-state index in [0.29, 0.717) is 5.82 Å². The molecule has 4 rings (SSSR count).